The maximum Gasteiger partial charge on any atom is 0.225 e. The summed E-state index contributed by atoms with van der Waals surface area (Å²) in [5, 5.41) is 33.7. The Bertz CT molecular complexity index is 1260. The molecule has 3 aliphatic heterocycles. The second kappa shape index (κ2) is 9.93. The molecule has 2 bridgehead atoms. The molecule has 3 saturated heterocycles. The van der Waals surface area contributed by atoms with Crippen LogP contribution in [0.1, 0.15) is 55.7 Å². The fraction of sp³-hybridized carbons (Fsp3) is 0.444. The molecular weight excluding hydrogens is 466 g/mol. The predicted molar refractivity (Wildman–Crippen MR) is 143 cm³/mol. The van der Waals surface area contributed by atoms with Gasteiger partial charge in [-0.1, -0.05) is 12.1 Å². The fourth-order valence-corrected chi connectivity index (χ4v) is 6.19. The first-order valence-corrected chi connectivity index (χ1v) is 13.1. The number of piperidine rings is 2. The van der Waals surface area contributed by atoms with Crippen molar-refractivity contribution in [1.82, 2.24) is 25.5 Å². The van der Waals surface area contributed by atoms with E-state index in [1.807, 2.05) is 24.5 Å². The molecule has 6 N–H and O–H groups in total. The minimum absolute atomic E-state index is 0.135. The summed E-state index contributed by atoms with van der Waals surface area (Å²) in [5.41, 5.74) is 9.20. The van der Waals surface area contributed by atoms with Crippen LogP contribution in [0.2, 0.25) is 0 Å². The van der Waals surface area contributed by atoms with E-state index in [9.17, 15) is 5.11 Å². The summed E-state index contributed by atoms with van der Waals surface area (Å²) in [7, 11) is 0. The van der Waals surface area contributed by atoms with Gasteiger partial charge < -0.3 is 26.4 Å². The van der Waals surface area contributed by atoms with Gasteiger partial charge >= 0.3 is 0 Å². The lowest BCUT2D eigenvalue weighted by Crippen LogP contribution is -2.48. The molecule has 5 heterocycles. The van der Waals surface area contributed by atoms with Crippen molar-refractivity contribution in [3.8, 4) is 17.0 Å². The van der Waals surface area contributed by atoms with Crippen LogP contribution in [0.4, 0.5) is 11.6 Å². The van der Waals surface area contributed by atoms with E-state index in [0.29, 0.717) is 40.6 Å². The van der Waals surface area contributed by atoms with E-state index in [4.69, 9.17) is 21.1 Å². The number of amidine groups is 1. The van der Waals surface area contributed by atoms with Crippen LogP contribution in [0.25, 0.3) is 11.3 Å². The normalized spacial score (nSPS) is 23.7. The number of aromatic hydroxyl groups is 1. The number of para-hydroxylation sites is 1. The van der Waals surface area contributed by atoms with Crippen LogP contribution in [0.5, 0.6) is 5.75 Å². The van der Waals surface area contributed by atoms with Gasteiger partial charge in [0.05, 0.1) is 11.4 Å². The van der Waals surface area contributed by atoms with E-state index < -0.39 is 0 Å². The Morgan fingerprint density at radius 2 is 1.73 bits per heavy atom. The third-order valence-electron chi connectivity index (χ3n) is 8.02. The van der Waals surface area contributed by atoms with Crippen LogP contribution in [0.15, 0.2) is 42.7 Å². The number of nitrogen functional groups attached to an aromatic ring is 1. The van der Waals surface area contributed by atoms with Crippen LogP contribution >= 0.6 is 0 Å². The van der Waals surface area contributed by atoms with E-state index in [1.165, 1.54) is 5.56 Å². The second-order valence-electron chi connectivity index (χ2n) is 10.4. The van der Waals surface area contributed by atoms with Crippen molar-refractivity contribution in [2.24, 2.45) is 5.73 Å². The highest BCUT2D eigenvalue weighted by molar-refractivity contribution is 5.98. The number of hydrogen-bond acceptors (Lipinski definition) is 9. The molecule has 0 amide bonds. The predicted octanol–water partition coefficient (Wildman–Crippen LogP) is 3.00. The highest BCUT2D eigenvalue weighted by Crippen LogP contribution is 2.39. The smallest absolute Gasteiger partial charge is 0.225 e. The highest BCUT2D eigenvalue weighted by atomic mass is 16.3. The number of aromatic nitrogens is 4. The van der Waals surface area contributed by atoms with Crippen molar-refractivity contribution in [2.45, 2.75) is 62.6 Å². The molecule has 10 heteroatoms. The van der Waals surface area contributed by atoms with Gasteiger partial charge in [0.15, 0.2) is 5.69 Å². The third-order valence-corrected chi connectivity index (χ3v) is 8.02. The SMILES string of the molecule is N=C(N)c1nnc(-c2ccccc2O)cc1NC1CC2CCC(C1)N2c1ncc(C2CCNCC2)cn1. The maximum atomic E-state index is 10.3. The number of phenolic OH excluding ortho intramolecular Hbond substituents is 1. The maximum absolute atomic E-state index is 10.3. The van der Waals surface area contributed by atoms with Crippen molar-refractivity contribution in [2.75, 3.05) is 23.3 Å². The molecule has 3 aromatic rings. The van der Waals surface area contributed by atoms with Crippen molar-refractivity contribution in [1.29, 1.82) is 5.41 Å². The molecule has 1 aromatic carbocycles. The lowest BCUT2D eigenvalue weighted by atomic mass is 9.92. The summed E-state index contributed by atoms with van der Waals surface area (Å²) in [5.74, 6) is 1.38. The summed E-state index contributed by atoms with van der Waals surface area (Å²) in [4.78, 5) is 12.0. The zero-order valence-electron chi connectivity index (χ0n) is 20.8. The first-order chi connectivity index (χ1) is 18.1. The highest BCUT2D eigenvalue weighted by Gasteiger charge is 2.42. The van der Waals surface area contributed by atoms with E-state index in [1.54, 1.807) is 18.2 Å². The molecule has 37 heavy (non-hydrogen) atoms. The number of nitrogens with two attached hydrogens (primary N) is 1. The summed E-state index contributed by atoms with van der Waals surface area (Å²) in [6, 6.07) is 9.77. The van der Waals surface area contributed by atoms with Gasteiger partial charge in [0, 0.05) is 36.1 Å². The van der Waals surface area contributed by atoms with Gasteiger partial charge in [-0.3, -0.25) is 5.41 Å². The molecule has 0 saturated carbocycles. The number of nitrogens with zero attached hydrogens (tertiary/aromatic N) is 5. The molecule has 0 aliphatic carbocycles. The number of phenols is 1. The fourth-order valence-electron chi connectivity index (χ4n) is 6.19. The number of anilines is 2. The molecule has 192 valence electrons. The Hall–Kier alpha value is -3.79. The van der Waals surface area contributed by atoms with Crippen LogP contribution in [0, 0.1) is 5.41 Å². The number of fused-ring (bicyclic) bond motifs is 2. The van der Waals surface area contributed by atoms with Crippen molar-refractivity contribution in [3.63, 3.8) is 0 Å². The van der Waals surface area contributed by atoms with Crippen LogP contribution in [0.3, 0.4) is 0 Å². The number of benzene rings is 1. The summed E-state index contributed by atoms with van der Waals surface area (Å²) >= 11 is 0. The molecule has 0 spiro atoms. The van der Waals surface area contributed by atoms with E-state index in [-0.39, 0.29) is 17.6 Å². The van der Waals surface area contributed by atoms with E-state index in [0.717, 1.165) is 57.6 Å². The topological polar surface area (TPSA) is 149 Å². The molecule has 2 unspecified atom stereocenters. The van der Waals surface area contributed by atoms with Gasteiger partial charge in [-0.25, -0.2) is 9.97 Å². The van der Waals surface area contributed by atoms with E-state index in [2.05, 4.69) is 25.7 Å². The zero-order valence-corrected chi connectivity index (χ0v) is 20.8. The Kier molecular flexibility index (Phi) is 6.33. The summed E-state index contributed by atoms with van der Waals surface area (Å²) in [6.07, 6.45) is 10.4. The van der Waals surface area contributed by atoms with Gasteiger partial charge in [0.2, 0.25) is 5.95 Å². The van der Waals surface area contributed by atoms with Crippen LogP contribution in [-0.2, 0) is 0 Å². The molecule has 2 atom stereocenters. The minimum Gasteiger partial charge on any atom is -0.507 e. The second-order valence-corrected chi connectivity index (χ2v) is 10.4. The van der Waals surface area contributed by atoms with E-state index >= 15 is 0 Å². The van der Waals surface area contributed by atoms with Crippen LogP contribution < -0.4 is 21.3 Å². The quantitative estimate of drug-likeness (QED) is 0.255. The van der Waals surface area contributed by atoms with Crippen LogP contribution in [-0.4, -0.2) is 62.3 Å². The standard InChI is InChI=1S/C27H33N9O/c28-26(29)25-23(13-22(34-35-25)21-3-1-2-4-24(21)37)33-18-11-19-5-6-20(12-18)36(19)27-31-14-17(15-32-27)16-7-9-30-10-8-16/h1-4,13-16,18-20,30,37H,5-12H2,(H3,28,29)(H,33,34). The molecular formula is C27H33N9O. The number of nitrogens with one attached hydrogen (secondary N) is 3. The average molecular weight is 500 g/mol. The molecule has 3 aliphatic rings. The largest absolute Gasteiger partial charge is 0.507 e. The molecule has 10 nitrogen and oxygen atoms in total. The molecule has 0 radical (unpaired) electrons. The molecule has 2 aromatic heterocycles. The average Bonchev–Trinajstić information content (AvgIpc) is 3.19. The minimum atomic E-state index is -0.138. The lowest BCUT2D eigenvalue weighted by molar-refractivity contribution is 0.425. The summed E-state index contributed by atoms with van der Waals surface area (Å²) in [6.45, 7) is 2.12. The van der Waals surface area contributed by atoms with Crippen molar-refractivity contribution < 1.29 is 5.11 Å². The first-order valence-electron chi connectivity index (χ1n) is 13.1. The third kappa shape index (κ3) is 4.69. The van der Waals surface area contributed by atoms with Gasteiger partial charge in [-0.05, 0) is 81.3 Å². The Morgan fingerprint density at radius 1 is 1.03 bits per heavy atom. The lowest BCUT2D eigenvalue weighted by Gasteiger charge is -2.39. The number of hydrogen-bond donors (Lipinski definition) is 5. The Labute approximate surface area is 216 Å². The zero-order chi connectivity index (χ0) is 25.4. The monoisotopic (exact) mass is 499 g/mol. The van der Waals surface area contributed by atoms with Gasteiger partial charge in [-0.15, -0.1) is 10.2 Å². The van der Waals surface area contributed by atoms with Crippen molar-refractivity contribution in [3.05, 3.63) is 54.0 Å². The van der Waals surface area contributed by atoms with Crippen molar-refractivity contribution >= 4 is 17.5 Å². The van der Waals surface area contributed by atoms with Gasteiger partial charge in [-0.2, -0.15) is 0 Å². The van der Waals surface area contributed by atoms with Gasteiger partial charge in [0.25, 0.3) is 0 Å². The molecule has 6 rings (SSSR count). The summed E-state index contributed by atoms with van der Waals surface area (Å²) < 4.78 is 0. The number of rotatable bonds is 6. The molecule has 3 fully saturated rings. The Morgan fingerprint density at radius 3 is 2.41 bits per heavy atom. The first kappa shape index (κ1) is 23.6. The Balaban J connectivity index is 1.19. The van der Waals surface area contributed by atoms with Gasteiger partial charge in [0.1, 0.15) is 11.6 Å².